The first-order chi connectivity index (χ1) is 15.4. The van der Waals surface area contributed by atoms with Crippen LogP contribution < -0.4 is 5.32 Å². The highest BCUT2D eigenvalue weighted by atomic mass is 19.4. The van der Waals surface area contributed by atoms with Crippen LogP contribution in [0.5, 0.6) is 0 Å². The number of hydrogen-bond acceptors (Lipinski definition) is 3. The summed E-state index contributed by atoms with van der Waals surface area (Å²) in [5.41, 5.74) is -0.0149. The second-order valence-electron chi connectivity index (χ2n) is 6.72. The van der Waals surface area contributed by atoms with Crippen LogP contribution >= 0.6 is 0 Å². The maximum Gasteiger partial charge on any atom is 0.490 e. The Balaban J connectivity index is 0.000000479. The number of nitrogens with zero attached hydrogens (tertiary/aromatic N) is 1. The normalized spacial score (nSPS) is 13.8. The molecule has 11 heteroatoms. The molecule has 0 aromatic heterocycles. The summed E-state index contributed by atoms with van der Waals surface area (Å²) in [6, 6.07) is 12.3. The van der Waals surface area contributed by atoms with E-state index in [0.29, 0.717) is 31.7 Å². The van der Waals surface area contributed by atoms with Gasteiger partial charge >= 0.3 is 18.3 Å². The lowest BCUT2D eigenvalue weighted by molar-refractivity contribution is -0.192. The predicted octanol–water partition coefficient (Wildman–Crippen LogP) is 3.79. The van der Waals surface area contributed by atoms with Crippen molar-refractivity contribution < 1.29 is 41.0 Å². The molecule has 1 heterocycles. The fourth-order valence-corrected chi connectivity index (χ4v) is 2.80. The largest absolute Gasteiger partial charge is 0.490 e. The van der Waals surface area contributed by atoms with Crippen LogP contribution in [0.4, 0.5) is 26.3 Å². The lowest BCUT2D eigenvalue weighted by atomic mass is 9.97. The summed E-state index contributed by atoms with van der Waals surface area (Å²) in [6.07, 6.45) is -9.59. The van der Waals surface area contributed by atoms with Gasteiger partial charge in [-0.25, -0.2) is 4.79 Å². The molecule has 1 amide bonds. The summed E-state index contributed by atoms with van der Waals surface area (Å²) < 4.78 is 72.2. The third-order valence-electron chi connectivity index (χ3n) is 4.37. The second-order valence-corrected chi connectivity index (χ2v) is 6.72. The third kappa shape index (κ3) is 7.84. The SMILES string of the molecule is O=C(C#Cc1ccc(-c2ccccc2)c(C(F)(F)F)c1)N1CCNCC1.O=C(O)C(F)(F)F. The summed E-state index contributed by atoms with van der Waals surface area (Å²) in [5.74, 6) is 1.89. The Bertz CT molecular complexity index is 1030. The first kappa shape index (κ1) is 25.7. The van der Waals surface area contributed by atoms with Crippen molar-refractivity contribution >= 4 is 11.9 Å². The number of hydrogen-bond donors (Lipinski definition) is 2. The van der Waals surface area contributed by atoms with E-state index >= 15 is 0 Å². The summed E-state index contributed by atoms with van der Waals surface area (Å²) in [7, 11) is 0. The van der Waals surface area contributed by atoms with Crippen LogP contribution in [0.1, 0.15) is 11.1 Å². The summed E-state index contributed by atoms with van der Waals surface area (Å²) in [4.78, 5) is 22.5. The average molecular weight is 472 g/mol. The van der Waals surface area contributed by atoms with E-state index in [1.807, 2.05) is 0 Å². The topological polar surface area (TPSA) is 69.6 Å². The van der Waals surface area contributed by atoms with E-state index in [0.717, 1.165) is 6.07 Å². The molecule has 2 aromatic carbocycles. The number of carboxylic acid groups (broad SMARTS) is 1. The van der Waals surface area contributed by atoms with E-state index in [2.05, 4.69) is 17.2 Å². The second kappa shape index (κ2) is 10.9. The molecule has 0 saturated carbocycles. The Labute approximate surface area is 185 Å². The van der Waals surface area contributed by atoms with Crippen LogP contribution in [-0.4, -0.2) is 54.2 Å². The molecule has 1 aliphatic rings. The standard InChI is InChI=1S/C20H17F3N2O.C2HF3O2/c21-20(22,23)18-14-15(6-8-17(18)16-4-2-1-3-5-16)7-9-19(26)25-12-10-24-11-13-25;3-2(4,5)1(6)7/h1-6,8,14,24H,10-13H2;(H,6,7). The van der Waals surface area contributed by atoms with Gasteiger partial charge in [-0.3, -0.25) is 4.79 Å². The average Bonchev–Trinajstić information content (AvgIpc) is 2.77. The highest BCUT2D eigenvalue weighted by Gasteiger charge is 2.38. The quantitative estimate of drug-likeness (QED) is 0.490. The minimum atomic E-state index is -5.08. The number of benzene rings is 2. The van der Waals surface area contributed by atoms with E-state index in [9.17, 15) is 31.1 Å². The summed E-state index contributed by atoms with van der Waals surface area (Å²) in [5, 5.41) is 10.2. The first-order valence-corrected chi connectivity index (χ1v) is 9.48. The molecule has 5 nitrogen and oxygen atoms in total. The van der Waals surface area contributed by atoms with E-state index < -0.39 is 23.9 Å². The first-order valence-electron chi connectivity index (χ1n) is 9.48. The van der Waals surface area contributed by atoms with Crippen LogP contribution in [-0.2, 0) is 15.8 Å². The number of halogens is 6. The van der Waals surface area contributed by atoms with E-state index in [1.54, 1.807) is 35.2 Å². The molecule has 0 bridgehead atoms. The number of amides is 1. The lowest BCUT2D eigenvalue weighted by Crippen LogP contribution is -2.46. The van der Waals surface area contributed by atoms with Gasteiger partial charge in [0, 0.05) is 37.7 Å². The number of rotatable bonds is 1. The summed E-state index contributed by atoms with van der Waals surface area (Å²) in [6.45, 7) is 2.48. The Morgan fingerprint density at radius 2 is 1.52 bits per heavy atom. The molecular formula is C22H18F6N2O3. The van der Waals surface area contributed by atoms with Gasteiger partial charge in [-0.2, -0.15) is 26.3 Å². The van der Waals surface area contributed by atoms with Crippen molar-refractivity contribution in [1.29, 1.82) is 0 Å². The zero-order chi connectivity index (χ0) is 24.6. The van der Waals surface area contributed by atoms with Gasteiger partial charge in [-0.1, -0.05) is 42.3 Å². The minimum Gasteiger partial charge on any atom is -0.475 e. The van der Waals surface area contributed by atoms with Gasteiger partial charge in [-0.15, -0.1) is 0 Å². The molecule has 0 unspecified atom stereocenters. The Hall–Kier alpha value is -3.52. The third-order valence-corrected chi connectivity index (χ3v) is 4.37. The Morgan fingerprint density at radius 3 is 2.03 bits per heavy atom. The van der Waals surface area contributed by atoms with Crippen LogP contribution in [0.15, 0.2) is 48.5 Å². The van der Waals surface area contributed by atoms with Gasteiger partial charge in [0.05, 0.1) is 5.56 Å². The van der Waals surface area contributed by atoms with Gasteiger partial charge in [0.2, 0.25) is 0 Å². The van der Waals surface area contributed by atoms with Crippen molar-refractivity contribution in [2.75, 3.05) is 26.2 Å². The molecule has 0 atom stereocenters. The van der Waals surface area contributed by atoms with E-state index in [-0.39, 0.29) is 17.0 Å². The van der Waals surface area contributed by atoms with Crippen molar-refractivity contribution in [3.63, 3.8) is 0 Å². The number of carbonyl (C=O) groups excluding carboxylic acids is 1. The number of alkyl halides is 6. The Morgan fingerprint density at radius 1 is 0.939 bits per heavy atom. The highest BCUT2D eigenvalue weighted by Crippen LogP contribution is 2.37. The smallest absolute Gasteiger partial charge is 0.475 e. The number of aliphatic carboxylic acids is 1. The van der Waals surface area contributed by atoms with Crippen molar-refractivity contribution in [3.8, 4) is 23.0 Å². The van der Waals surface area contributed by atoms with Crippen molar-refractivity contribution in [2.24, 2.45) is 0 Å². The van der Waals surface area contributed by atoms with Gasteiger partial charge in [-0.05, 0) is 23.3 Å². The molecule has 0 radical (unpaired) electrons. The molecule has 1 aliphatic heterocycles. The van der Waals surface area contributed by atoms with Crippen LogP contribution in [0, 0.1) is 11.8 Å². The molecule has 1 fully saturated rings. The predicted molar refractivity (Wildman–Crippen MR) is 107 cm³/mol. The number of nitrogens with one attached hydrogen (secondary N) is 1. The van der Waals surface area contributed by atoms with Crippen LogP contribution in [0.3, 0.4) is 0 Å². The molecule has 176 valence electrons. The molecule has 3 rings (SSSR count). The fourth-order valence-electron chi connectivity index (χ4n) is 2.80. The molecule has 2 aromatic rings. The molecule has 33 heavy (non-hydrogen) atoms. The van der Waals surface area contributed by atoms with Gasteiger partial charge < -0.3 is 15.3 Å². The summed E-state index contributed by atoms with van der Waals surface area (Å²) >= 11 is 0. The van der Waals surface area contributed by atoms with Crippen molar-refractivity contribution in [1.82, 2.24) is 10.2 Å². The van der Waals surface area contributed by atoms with Gasteiger partial charge in [0.1, 0.15) is 0 Å². The maximum atomic E-state index is 13.5. The van der Waals surface area contributed by atoms with Gasteiger partial charge in [0.15, 0.2) is 0 Å². The van der Waals surface area contributed by atoms with Crippen LogP contribution in [0.25, 0.3) is 11.1 Å². The number of carbonyl (C=O) groups is 2. The van der Waals surface area contributed by atoms with E-state index in [4.69, 9.17) is 9.90 Å². The lowest BCUT2D eigenvalue weighted by Gasteiger charge is -2.25. The van der Waals surface area contributed by atoms with Crippen LogP contribution in [0.2, 0.25) is 0 Å². The monoisotopic (exact) mass is 472 g/mol. The molecule has 1 saturated heterocycles. The molecule has 2 N–H and O–H groups in total. The number of carboxylic acids is 1. The molecule has 0 spiro atoms. The van der Waals surface area contributed by atoms with E-state index in [1.165, 1.54) is 12.1 Å². The minimum absolute atomic E-state index is 0.0945. The maximum absolute atomic E-state index is 13.5. The zero-order valence-electron chi connectivity index (χ0n) is 16.9. The molecular weight excluding hydrogens is 454 g/mol. The fraction of sp³-hybridized carbons (Fsp3) is 0.273. The van der Waals surface area contributed by atoms with Crippen molar-refractivity contribution in [3.05, 3.63) is 59.7 Å². The van der Waals surface area contributed by atoms with Gasteiger partial charge in [0.25, 0.3) is 5.91 Å². The highest BCUT2D eigenvalue weighted by molar-refractivity contribution is 5.94. The Kier molecular flexibility index (Phi) is 8.48. The molecule has 0 aliphatic carbocycles. The number of piperazine rings is 1. The van der Waals surface area contributed by atoms with Crippen molar-refractivity contribution in [2.45, 2.75) is 12.4 Å². The zero-order valence-corrected chi connectivity index (χ0v) is 16.9.